The van der Waals surface area contributed by atoms with Crippen LogP contribution in [0, 0.1) is 6.92 Å². The number of aromatic nitrogens is 2. The fraction of sp³-hybridized carbons (Fsp3) is 0.200. The number of hydrogen-bond acceptors (Lipinski definition) is 8. The number of aryl methyl sites for hydroxylation is 1. The number of ether oxygens (including phenoxy) is 2. The van der Waals surface area contributed by atoms with Crippen molar-refractivity contribution >= 4 is 17.6 Å². The largest absolute Gasteiger partial charge is 0.466 e. The summed E-state index contributed by atoms with van der Waals surface area (Å²) in [6.45, 7) is 1.69. The van der Waals surface area contributed by atoms with Gasteiger partial charge in [0.25, 0.3) is 5.89 Å². The Morgan fingerprint density at radius 3 is 2.57 bits per heavy atom. The second-order valence-electron chi connectivity index (χ2n) is 4.39. The average Bonchev–Trinajstić information content (AvgIpc) is 3.00. The molecule has 1 aromatic heterocycles. The van der Waals surface area contributed by atoms with Crippen molar-refractivity contribution in [2.24, 2.45) is 0 Å². The first-order valence-corrected chi connectivity index (χ1v) is 6.60. The topological polar surface area (TPSA) is 104 Å². The van der Waals surface area contributed by atoms with Crippen LogP contribution in [0.4, 0.5) is 5.69 Å². The maximum atomic E-state index is 11.8. The highest BCUT2D eigenvalue weighted by Crippen LogP contribution is 2.27. The van der Waals surface area contributed by atoms with Crippen molar-refractivity contribution in [2.45, 2.75) is 6.92 Å². The number of carbonyl (C=O) groups excluding carboxylic acids is 2. The van der Waals surface area contributed by atoms with Gasteiger partial charge in [0.1, 0.15) is 5.70 Å². The van der Waals surface area contributed by atoms with Crippen molar-refractivity contribution in [3.8, 4) is 11.5 Å². The number of hydrogen-bond donors (Lipinski definition) is 1. The van der Waals surface area contributed by atoms with Crippen molar-refractivity contribution in [1.82, 2.24) is 10.1 Å². The van der Waals surface area contributed by atoms with Crippen molar-refractivity contribution in [2.75, 3.05) is 19.5 Å². The normalized spacial score (nSPS) is 11.0. The van der Waals surface area contributed by atoms with Crippen molar-refractivity contribution in [3.05, 3.63) is 41.9 Å². The minimum atomic E-state index is -0.716. The van der Waals surface area contributed by atoms with E-state index in [9.17, 15) is 9.59 Å². The SMILES string of the molecule is COC(=O)/C=C(/Nc1ccccc1-c1nc(C)no1)C(=O)OC. The molecule has 0 atom stereocenters. The van der Waals surface area contributed by atoms with E-state index in [0.29, 0.717) is 17.1 Å². The van der Waals surface area contributed by atoms with Crippen LogP contribution in [0.15, 0.2) is 40.6 Å². The molecule has 120 valence electrons. The number of anilines is 1. The molecule has 23 heavy (non-hydrogen) atoms. The van der Waals surface area contributed by atoms with Crippen molar-refractivity contribution in [1.29, 1.82) is 0 Å². The summed E-state index contributed by atoms with van der Waals surface area (Å²) >= 11 is 0. The minimum Gasteiger partial charge on any atom is -0.466 e. The van der Waals surface area contributed by atoms with Crippen LogP contribution in [0.25, 0.3) is 11.5 Å². The van der Waals surface area contributed by atoms with Gasteiger partial charge in [0.05, 0.1) is 31.5 Å². The third-order valence-electron chi connectivity index (χ3n) is 2.82. The molecule has 0 fully saturated rings. The average molecular weight is 317 g/mol. The summed E-state index contributed by atoms with van der Waals surface area (Å²) in [6.07, 6.45) is 1.00. The number of esters is 2. The third kappa shape index (κ3) is 3.94. The van der Waals surface area contributed by atoms with Gasteiger partial charge in [-0.2, -0.15) is 4.98 Å². The molecule has 0 saturated heterocycles. The maximum absolute atomic E-state index is 11.8. The second kappa shape index (κ2) is 7.21. The van der Waals surface area contributed by atoms with E-state index in [-0.39, 0.29) is 11.6 Å². The standard InChI is InChI=1S/C15H15N3O5/c1-9-16-14(23-18-9)10-6-4-5-7-11(10)17-12(15(20)22-3)8-13(19)21-2/h4-8,17H,1-3H3/b12-8+. The number of nitrogens with zero attached hydrogens (tertiary/aromatic N) is 2. The quantitative estimate of drug-likeness (QED) is 0.656. The highest BCUT2D eigenvalue weighted by molar-refractivity contribution is 5.99. The highest BCUT2D eigenvalue weighted by Gasteiger charge is 2.17. The molecule has 0 aliphatic heterocycles. The Bertz CT molecular complexity index is 751. The Morgan fingerprint density at radius 2 is 1.96 bits per heavy atom. The summed E-state index contributed by atoms with van der Waals surface area (Å²) in [5.74, 6) is -0.642. The van der Waals surface area contributed by atoms with Gasteiger partial charge in [-0.25, -0.2) is 9.59 Å². The van der Waals surface area contributed by atoms with E-state index in [1.807, 2.05) is 0 Å². The smallest absolute Gasteiger partial charge is 0.354 e. The van der Waals surface area contributed by atoms with E-state index in [1.54, 1.807) is 31.2 Å². The van der Waals surface area contributed by atoms with E-state index in [2.05, 4.69) is 24.9 Å². The Hall–Kier alpha value is -3.16. The van der Waals surface area contributed by atoms with Crippen LogP contribution in [-0.2, 0) is 19.1 Å². The zero-order valence-corrected chi connectivity index (χ0v) is 12.8. The molecule has 1 aromatic carbocycles. The first-order valence-electron chi connectivity index (χ1n) is 6.60. The summed E-state index contributed by atoms with van der Waals surface area (Å²) in [5.41, 5.74) is 0.993. The maximum Gasteiger partial charge on any atom is 0.354 e. The van der Waals surface area contributed by atoms with Crippen LogP contribution < -0.4 is 5.32 Å². The van der Waals surface area contributed by atoms with Gasteiger partial charge in [-0.1, -0.05) is 17.3 Å². The van der Waals surface area contributed by atoms with Crippen molar-refractivity contribution < 1.29 is 23.6 Å². The van der Waals surface area contributed by atoms with Gasteiger partial charge in [-0.3, -0.25) is 0 Å². The number of carbonyl (C=O) groups is 2. The van der Waals surface area contributed by atoms with Crippen LogP contribution in [0.1, 0.15) is 5.82 Å². The molecular weight excluding hydrogens is 302 g/mol. The summed E-state index contributed by atoms with van der Waals surface area (Å²) in [5, 5.41) is 6.56. The molecule has 1 heterocycles. The molecule has 2 rings (SSSR count). The summed E-state index contributed by atoms with van der Waals surface area (Å²) in [7, 11) is 2.42. The van der Waals surface area contributed by atoms with Gasteiger partial charge in [0.15, 0.2) is 5.82 Å². The van der Waals surface area contributed by atoms with Crippen LogP contribution >= 0.6 is 0 Å². The predicted molar refractivity (Wildman–Crippen MR) is 80.2 cm³/mol. The van der Waals surface area contributed by atoms with Gasteiger partial charge in [0.2, 0.25) is 0 Å². The summed E-state index contributed by atoms with van der Waals surface area (Å²) in [4.78, 5) is 27.4. The number of para-hydroxylation sites is 1. The molecule has 0 amide bonds. The molecule has 0 spiro atoms. The highest BCUT2D eigenvalue weighted by atomic mass is 16.5. The lowest BCUT2D eigenvalue weighted by molar-refractivity contribution is -0.138. The molecule has 0 radical (unpaired) electrons. The Kier molecular flexibility index (Phi) is 5.08. The summed E-state index contributed by atoms with van der Waals surface area (Å²) in [6, 6.07) is 6.97. The number of methoxy groups -OCH3 is 2. The van der Waals surface area contributed by atoms with Crippen LogP contribution in [0.3, 0.4) is 0 Å². The number of nitrogens with one attached hydrogen (secondary N) is 1. The zero-order valence-electron chi connectivity index (χ0n) is 12.8. The molecule has 0 unspecified atom stereocenters. The Balaban J connectivity index is 2.39. The van der Waals surface area contributed by atoms with E-state index in [1.165, 1.54) is 14.2 Å². The van der Waals surface area contributed by atoms with Gasteiger partial charge in [0, 0.05) is 0 Å². The molecule has 0 aliphatic rings. The fourth-order valence-electron chi connectivity index (χ4n) is 1.76. The lowest BCUT2D eigenvalue weighted by Crippen LogP contribution is -2.15. The van der Waals surface area contributed by atoms with Crippen LogP contribution in [-0.4, -0.2) is 36.3 Å². The minimum absolute atomic E-state index is 0.0805. The van der Waals surface area contributed by atoms with Gasteiger partial charge < -0.3 is 19.3 Å². The van der Waals surface area contributed by atoms with Crippen LogP contribution in [0.5, 0.6) is 0 Å². The van der Waals surface area contributed by atoms with Gasteiger partial charge in [-0.15, -0.1) is 0 Å². The molecule has 2 aromatic rings. The second-order valence-corrected chi connectivity index (χ2v) is 4.39. The first kappa shape index (κ1) is 16.2. The Labute approximate surface area is 132 Å². The van der Waals surface area contributed by atoms with E-state index in [4.69, 9.17) is 4.52 Å². The van der Waals surface area contributed by atoms with Gasteiger partial charge >= 0.3 is 11.9 Å². The molecule has 0 saturated carbocycles. The number of rotatable bonds is 5. The predicted octanol–water partition coefficient (Wildman–Crippen LogP) is 1.69. The summed E-state index contributed by atoms with van der Waals surface area (Å²) < 4.78 is 14.3. The fourth-order valence-corrected chi connectivity index (χ4v) is 1.76. The molecule has 8 nitrogen and oxygen atoms in total. The molecule has 1 N–H and O–H groups in total. The molecule has 0 bridgehead atoms. The van der Waals surface area contributed by atoms with E-state index >= 15 is 0 Å². The van der Waals surface area contributed by atoms with E-state index in [0.717, 1.165) is 6.08 Å². The third-order valence-corrected chi connectivity index (χ3v) is 2.82. The lowest BCUT2D eigenvalue weighted by atomic mass is 10.1. The number of benzene rings is 1. The molecular formula is C15H15N3O5. The molecule has 8 heteroatoms. The van der Waals surface area contributed by atoms with Crippen LogP contribution in [0.2, 0.25) is 0 Å². The Morgan fingerprint density at radius 1 is 1.22 bits per heavy atom. The first-order chi connectivity index (χ1) is 11.0. The molecule has 0 aliphatic carbocycles. The van der Waals surface area contributed by atoms with Crippen molar-refractivity contribution in [3.63, 3.8) is 0 Å². The monoisotopic (exact) mass is 317 g/mol. The van der Waals surface area contributed by atoms with Gasteiger partial charge in [-0.05, 0) is 19.1 Å². The zero-order chi connectivity index (χ0) is 16.8. The van der Waals surface area contributed by atoms with E-state index < -0.39 is 11.9 Å². The lowest BCUT2D eigenvalue weighted by Gasteiger charge is -2.11.